The minimum atomic E-state index is -0.422. The van der Waals surface area contributed by atoms with Gasteiger partial charge in [-0.3, -0.25) is 4.79 Å². The van der Waals surface area contributed by atoms with Crippen LogP contribution in [-0.2, 0) is 17.6 Å². The first kappa shape index (κ1) is 10.2. The number of carbonyl (C=O) groups is 1. The van der Waals surface area contributed by atoms with Crippen molar-refractivity contribution in [1.29, 1.82) is 0 Å². The van der Waals surface area contributed by atoms with Crippen molar-refractivity contribution in [2.75, 3.05) is 0 Å². The third-order valence-corrected chi connectivity index (χ3v) is 2.81. The molecule has 1 aromatic rings. The van der Waals surface area contributed by atoms with Crippen molar-refractivity contribution in [2.45, 2.75) is 31.8 Å². The van der Waals surface area contributed by atoms with Crippen LogP contribution in [-0.4, -0.2) is 18.0 Å². The molecular weight excluding hydrogens is 188 g/mol. The molecule has 80 valence electrons. The number of hydrogen-bond donors (Lipinski definition) is 2. The molecule has 15 heavy (non-hydrogen) atoms. The van der Waals surface area contributed by atoms with Crippen molar-refractivity contribution in [3.63, 3.8) is 0 Å². The number of fused-ring (bicyclic) bond motifs is 1. The molecule has 3 heteroatoms. The lowest BCUT2D eigenvalue weighted by atomic mass is 10.1. The van der Waals surface area contributed by atoms with Crippen LogP contribution >= 0.6 is 0 Å². The number of nitrogens with one attached hydrogen (secondary N) is 1. The lowest BCUT2D eigenvalue weighted by Crippen LogP contribution is -2.44. The molecule has 0 heterocycles. The Morgan fingerprint density at radius 3 is 2.40 bits per heavy atom. The molecule has 1 amide bonds. The topological polar surface area (TPSA) is 55.1 Å². The van der Waals surface area contributed by atoms with E-state index >= 15 is 0 Å². The van der Waals surface area contributed by atoms with Gasteiger partial charge in [0.2, 0.25) is 5.91 Å². The Bertz CT molecular complexity index is 349. The van der Waals surface area contributed by atoms with Crippen LogP contribution in [0.5, 0.6) is 0 Å². The third kappa shape index (κ3) is 2.18. The molecule has 0 aliphatic heterocycles. The fraction of sp³-hybridized carbons (Fsp3) is 0.417. The van der Waals surface area contributed by atoms with Crippen LogP contribution in [0.1, 0.15) is 18.1 Å². The minimum Gasteiger partial charge on any atom is -0.351 e. The Kier molecular flexibility index (Phi) is 2.73. The van der Waals surface area contributed by atoms with Crippen molar-refractivity contribution in [1.82, 2.24) is 5.32 Å². The summed E-state index contributed by atoms with van der Waals surface area (Å²) < 4.78 is 0. The molecule has 2 rings (SSSR count). The maximum Gasteiger partial charge on any atom is 0.236 e. The summed E-state index contributed by atoms with van der Waals surface area (Å²) >= 11 is 0. The van der Waals surface area contributed by atoms with Gasteiger partial charge in [0.25, 0.3) is 0 Å². The largest absolute Gasteiger partial charge is 0.351 e. The third-order valence-electron chi connectivity index (χ3n) is 2.81. The standard InChI is InChI=1S/C12H16N2O/c1-8(13)12(15)14-11-6-9-4-2-3-5-10(9)7-11/h2-5,8,11H,6-7,13H2,1H3,(H,14,15)/t8-/m1/s1. The number of amides is 1. The molecule has 0 aromatic heterocycles. The van der Waals surface area contributed by atoms with E-state index in [1.165, 1.54) is 11.1 Å². The molecule has 1 aromatic carbocycles. The molecule has 1 aliphatic rings. The SMILES string of the molecule is C[C@@H](N)C(=O)NC1Cc2ccccc2C1. The Morgan fingerprint density at radius 2 is 1.93 bits per heavy atom. The van der Waals surface area contributed by atoms with Crippen molar-refractivity contribution in [2.24, 2.45) is 5.73 Å². The molecule has 0 saturated carbocycles. The van der Waals surface area contributed by atoms with Crippen LogP contribution < -0.4 is 11.1 Å². The number of nitrogens with two attached hydrogens (primary N) is 1. The van der Waals surface area contributed by atoms with Gasteiger partial charge < -0.3 is 11.1 Å². The molecule has 0 spiro atoms. The Hall–Kier alpha value is -1.35. The van der Waals surface area contributed by atoms with Gasteiger partial charge in [-0.15, -0.1) is 0 Å². The summed E-state index contributed by atoms with van der Waals surface area (Å²) in [7, 11) is 0. The Balaban J connectivity index is 1.99. The van der Waals surface area contributed by atoms with E-state index in [9.17, 15) is 4.79 Å². The van der Waals surface area contributed by atoms with Crippen LogP contribution in [0.4, 0.5) is 0 Å². The summed E-state index contributed by atoms with van der Waals surface area (Å²) in [5.41, 5.74) is 8.19. The van der Waals surface area contributed by atoms with Gasteiger partial charge in [0.05, 0.1) is 6.04 Å². The zero-order chi connectivity index (χ0) is 10.8. The van der Waals surface area contributed by atoms with E-state index in [-0.39, 0.29) is 11.9 Å². The van der Waals surface area contributed by atoms with E-state index in [4.69, 9.17) is 5.73 Å². The Morgan fingerprint density at radius 1 is 1.40 bits per heavy atom. The lowest BCUT2D eigenvalue weighted by molar-refractivity contribution is -0.122. The van der Waals surface area contributed by atoms with Gasteiger partial charge >= 0.3 is 0 Å². The van der Waals surface area contributed by atoms with E-state index in [1.54, 1.807) is 6.92 Å². The predicted octanol–water partition coefficient (Wildman–Crippen LogP) is 0.617. The predicted molar refractivity (Wildman–Crippen MR) is 59.4 cm³/mol. The van der Waals surface area contributed by atoms with Gasteiger partial charge in [-0.2, -0.15) is 0 Å². The first-order valence-corrected chi connectivity index (χ1v) is 5.29. The quantitative estimate of drug-likeness (QED) is 0.742. The molecule has 0 unspecified atom stereocenters. The average molecular weight is 204 g/mol. The van der Waals surface area contributed by atoms with Crippen LogP contribution in [0.15, 0.2) is 24.3 Å². The number of hydrogen-bond acceptors (Lipinski definition) is 2. The maximum atomic E-state index is 11.4. The highest BCUT2D eigenvalue weighted by atomic mass is 16.2. The van der Waals surface area contributed by atoms with Crippen LogP contribution in [0.25, 0.3) is 0 Å². The normalized spacial score (nSPS) is 17.2. The van der Waals surface area contributed by atoms with Gasteiger partial charge in [0.1, 0.15) is 0 Å². The van der Waals surface area contributed by atoms with Crippen LogP contribution in [0.3, 0.4) is 0 Å². The molecule has 1 aliphatic carbocycles. The second kappa shape index (κ2) is 4.03. The van der Waals surface area contributed by atoms with Gasteiger partial charge in [-0.05, 0) is 30.9 Å². The maximum absolute atomic E-state index is 11.4. The summed E-state index contributed by atoms with van der Waals surface area (Å²) in [4.78, 5) is 11.4. The highest BCUT2D eigenvalue weighted by Gasteiger charge is 2.22. The highest BCUT2D eigenvalue weighted by Crippen LogP contribution is 2.21. The second-order valence-electron chi connectivity index (χ2n) is 4.17. The first-order chi connectivity index (χ1) is 7.16. The summed E-state index contributed by atoms with van der Waals surface area (Å²) in [5.74, 6) is -0.0622. The zero-order valence-electron chi connectivity index (χ0n) is 8.86. The summed E-state index contributed by atoms with van der Waals surface area (Å²) in [6.45, 7) is 1.71. The van der Waals surface area contributed by atoms with E-state index < -0.39 is 6.04 Å². The molecule has 1 atom stereocenters. The van der Waals surface area contributed by atoms with Crippen molar-refractivity contribution in [3.8, 4) is 0 Å². The fourth-order valence-corrected chi connectivity index (χ4v) is 1.99. The molecule has 0 saturated heterocycles. The average Bonchev–Trinajstić information content (AvgIpc) is 2.59. The monoisotopic (exact) mass is 204 g/mol. The summed E-state index contributed by atoms with van der Waals surface area (Å²) in [6, 6.07) is 8.11. The van der Waals surface area contributed by atoms with E-state index in [0.717, 1.165) is 12.8 Å². The lowest BCUT2D eigenvalue weighted by Gasteiger charge is -2.13. The Labute approximate surface area is 89.7 Å². The smallest absolute Gasteiger partial charge is 0.236 e. The van der Waals surface area contributed by atoms with Crippen LogP contribution in [0.2, 0.25) is 0 Å². The molecule has 0 fully saturated rings. The number of rotatable bonds is 2. The molecule has 3 N–H and O–H groups in total. The summed E-state index contributed by atoms with van der Waals surface area (Å²) in [6.07, 6.45) is 1.85. The first-order valence-electron chi connectivity index (χ1n) is 5.29. The minimum absolute atomic E-state index is 0.0622. The van der Waals surface area contributed by atoms with Gasteiger partial charge in [-0.1, -0.05) is 24.3 Å². The van der Waals surface area contributed by atoms with Crippen molar-refractivity contribution >= 4 is 5.91 Å². The van der Waals surface area contributed by atoms with Gasteiger partial charge in [0, 0.05) is 6.04 Å². The summed E-state index contributed by atoms with van der Waals surface area (Å²) in [5, 5.41) is 2.96. The van der Waals surface area contributed by atoms with Crippen LogP contribution in [0, 0.1) is 0 Å². The fourth-order valence-electron chi connectivity index (χ4n) is 1.99. The molecular formula is C12H16N2O. The second-order valence-corrected chi connectivity index (χ2v) is 4.17. The molecule has 0 bridgehead atoms. The van der Waals surface area contributed by atoms with E-state index in [0.29, 0.717) is 0 Å². The molecule has 0 radical (unpaired) electrons. The van der Waals surface area contributed by atoms with Crippen molar-refractivity contribution < 1.29 is 4.79 Å². The van der Waals surface area contributed by atoms with Gasteiger partial charge in [-0.25, -0.2) is 0 Å². The highest BCUT2D eigenvalue weighted by molar-refractivity contribution is 5.81. The molecule has 3 nitrogen and oxygen atoms in total. The van der Waals surface area contributed by atoms with E-state index in [2.05, 4.69) is 17.4 Å². The zero-order valence-corrected chi connectivity index (χ0v) is 8.86. The van der Waals surface area contributed by atoms with E-state index in [1.807, 2.05) is 12.1 Å². The number of carbonyl (C=O) groups excluding carboxylic acids is 1. The number of benzene rings is 1. The van der Waals surface area contributed by atoms with Gasteiger partial charge in [0.15, 0.2) is 0 Å². The van der Waals surface area contributed by atoms with Crippen molar-refractivity contribution in [3.05, 3.63) is 35.4 Å².